The van der Waals surface area contributed by atoms with Crippen LogP contribution in [0.1, 0.15) is 58.8 Å². The van der Waals surface area contributed by atoms with E-state index in [1.54, 1.807) is 36.4 Å². The molecule has 0 saturated heterocycles. The van der Waals surface area contributed by atoms with E-state index in [9.17, 15) is 18.4 Å². The fourth-order valence-electron chi connectivity index (χ4n) is 4.97. The highest BCUT2D eigenvalue weighted by Gasteiger charge is 2.25. The number of hydrogen-bond donors (Lipinski definition) is 2. The van der Waals surface area contributed by atoms with Crippen molar-refractivity contribution in [3.8, 4) is 11.3 Å². The van der Waals surface area contributed by atoms with Crippen LogP contribution in [0.5, 0.6) is 0 Å². The third-order valence-corrected chi connectivity index (χ3v) is 6.85. The molecule has 1 aliphatic rings. The van der Waals surface area contributed by atoms with Gasteiger partial charge in [0.25, 0.3) is 5.91 Å². The first-order valence-electron chi connectivity index (χ1n) is 12.4. The number of aliphatic carboxylic acids is 1. The molecule has 0 aliphatic heterocycles. The summed E-state index contributed by atoms with van der Waals surface area (Å²) >= 11 is 0. The number of carbonyl (C=O) groups excluding carboxylic acids is 1. The Labute approximate surface area is 213 Å². The summed E-state index contributed by atoms with van der Waals surface area (Å²) in [5.41, 5.74) is 5.43. The molecular weight excluding hydrogens is 474 g/mol. The van der Waals surface area contributed by atoms with Crippen LogP contribution in [0.15, 0.2) is 66.7 Å². The number of aryl methyl sites for hydroxylation is 2. The molecule has 0 saturated carbocycles. The molecule has 0 bridgehead atoms. The lowest BCUT2D eigenvalue weighted by Crippen LogP contribution is -2.27. The van der Waals surface area contributed by atoms with Crippen LogP contribution in [-0.4, -0.2) is 22.0 Å². The van der Waals surface area contributed by atoms with Crippen LogP contribution < -0.4 is 5.32 Å². The molecule has 0 spiro atoms. The molecule has 0 radical (unpaired) electrons. The van der Waals surface area contributed by atoms with Gasteiger partial charge in [-0.3, -0.25) is 9.59 Å². The molecule has 5 rings (SSSR count). The minimum Gasteiger partial charge on any atom is -0.481 e. The maximum Gasteiger partial charge on any atom is 0.303 e. The molecule has 1 heterocycles. The monoisotopic (exact) mass is 500 g/mol. The number of hydrogen-bond acceptors (Lipinski definition) is 3. The van der Waals surface area contributed by atoms with Crippen LogP contribution >= 0.6 is 0 Å². The lowest BCUT2D eigenvalue weighted by atomic mass is 9.98. The van der Waals surface area contributed by atoms with Crippen LogP contribution in [0.4, 0.5) is 8.78 Å². The van der Waals surface area contributed by atoms with Gasteiger partial charge in [0.1, 0.15) is 11.6 Å². The molecule has 0 unspecified atom stereocenters. The summed E-state index contributed by atoms with van der Waals surface area (Å²) < 4.78 is 27.3. The number of nitrogens with one attached hydrogen (secondary N) is 1. The predicted octanol–water partition coefficient (Wildman–Crippen LogP) is 6.39. The Hall–Kier alpha value is -4.13. The zero-order valence-electron chi connectivity index (χ0n) is 20.1. The number of halogens is 2. The van der Waals surface area contributed by atoms with Crippen molar-refractivity contribution >= 4 is 22.8 Å². The topological polar surface area (TPSA) is 79.3 Å². The lowest BCUT2D eigenvalue weighted by Gasteiger charge is -2.15. The Balaban J connectivity index is 1.43. The maximum atomic E-state index is 13.8. The fraction of sp³-hybridized carbons (Fsp3) is 0.233. The van der Waals surface area contributed by atoms with Gasteiger partial charge >= 0.3 is 5.97 Å². The number of rotatable bonds is 8. The molecule has 1 aliphatic carbocycles. The average Bonchev–Trinajstić information content (AvgIpc) is 3.27. The largest absolute Gasteiger partial charge is 0.481 e. The minimum atomic E-state index is -0.835. The summed E-state index contributed by atoms with van der Waals surface area (Å²) in [5, 5.41) is 12.8. The second-order valence-corrected chi connectivity index (χ2v) is 9.42. The Morgan fingerprint density at radius 1 is 0.946 bits per heavy atom. The van der Waals surface area contributed by atoms with Crippen molar-refractivity contribution in [1.29, 1.82) is 0 Å². The molecule has 1 amide bonds. The van der Waals surface area contributed by atoms with E-state index < -0.39 is 5.97 Å². The molecule has 7 heteroatoms. The highest BCUT2D eigenvalue weighted by molar-refractivity contribution is 5.98. The molecule has 2 N–H and O–H groups in total. The highest BCUT2D eigenvalue weighted by Crippen LogP contribution is 2.32. The summed E-state index contributed by atoms with van der Waals surface area (Å²) in [7, 11) is 0. The number of fused-ring (bicyclic) bond motifs is 2. The fourth-order valence-corrected chi connectivity index (χ4v) is 4.97. The Kier molecular flexibility index (Phi) is 6.95. The van der Waals surface area contributed by atoms with Gasteiger partial charge in [-0.25, -0.2) is 13.8 Å². The van der Waals surface area contributed by atoms with E-state index in [1.807, 2.05) is 6.07 Å². The molecule has 37 heavy (non-hydrogen) atoms. The number of carbonyl (C=O) groups is 2. The van der Waals surface area contributed by atoms with Crippen LogP contribution in [0.3, 0.4) is 0 Å². The zero-order chi connectivity index (χ0) is 25.9. The SMILES string of the molecule is O=C(O)CCCCc1cc2cc(C(=O)N[C@@H]3CCc4ccc(F)cc43)ccc2nc1-c1ccc(F)cc1. The smallest absolute Gasteiger partial charge is 0.303 e. The lowest BCUT2D eigenvalue weighted by molar-refractivity contribution is -0.137. The molecular formula is C30H26F2N2O3. The number of benzene rings is 3. The Bertz CT molecular complexity index is 1480. The van der Waals surface area contributed by atoms with E-state index in [2.05, 4.69) is 5.32 Å². The van der Waals surface area contributed by atoms with Gasteiger partial charge in [0.2, 0.25) is 0 Å². The van der Waals surface area contributed by atoms with Crippen LogP contribution in [0.25, 0.3) is 22.2 Å². The van der Waals surface area contributed by atoms with Gasteiger partial charge in [-0.05, 0) is 109 Å². The van der Waals surface area contributed by atoms with Crippen molar-refractivity contribution in [3.63, 3.8) is 0 Å². The molecule has 188 valence electrons. The number of carboxylic acids is 1. The van der Waals surface area contributed by atoms with Gasteiger partial charge in [0.05, 0.1) is 17.3 Å². The van der Waals surface area contributed by atoms with Gasteiger partial charge in [0.15, 0.2) is 0 Å². The first kappa shape index (κ1) is 24.6. The second kappa shape index (κ2) is 10.5. The van der Waals surface area contributed by atoms with Crippen LogP contribution in [0, 0.1) is 11.6 Å². The molecule has 1 aromatic heterocycles. The van der Waals surface area contributed by atoms with Crippen LogP contribution in [-0.2, 0) is 17.6 Å². The van der Waals surface area contributed by atoms with Gasteiger partial charge < -0.3 is 10.4 Å². The second-order valence-electron chi connectivity index (χ2n) is 9.42. The van der Waals surface area contributed by atoms with Crippen molar-refractivity contribution < 1.29 is 23.5 Å². The normalized spacial score (nSPS) is 14.5. The zero-order valence-corrected chi connectivity index (χ0v) is 20.1. The number of nitrogens with zero attached hydrogens (tertiary/aromatic N) is 1. The van der Waals surface area contributed by atoms with E-state index in [4.69, 9.17) is 10.1 Å². The van der Waals surface area contributed by atoms with Gasteiger partial charge in [0, 0.05) is 22.9 Å². The summed E-state index contributed by atoms with van der Waals surface area (Å²) in [5.74, 6) is -1.73. The van der Waals surface area contributed by atoms with Crippen molar-refractivity contribution in [1.82, 2.24) is 10.3 Å². The molecule has 0 fully saturated rings. The van der Waals surface area contributed by atoms with E-state index in [0.29, 0.717) is 36.0 Å². The van der Waals surface area contributed by atoms with E-state index in [1.165, 1.54) is 24.3 Å². The van der Waals surface area contributed by atoms with Gasteiger partial charge in [-0.1, -0.05) is 6.07 Å². The molecule has 4 aromatic rings. The summed E-state index contributed by atoms with van der Waals surface area (Å²) in [6.07, 6.45) is 3.39. The van der Waals surface area contributed by atoms with E-state index in [-0.39, 0.29) is 30.0 Å². The molecule has 5 nitrogen and oxygen atoms in total. The van der Waals surface area contributed by atoms with E-state index in [0.717, 1.165) is 40.5 Å². The Morgan fingerprint density at radius 2 is 1.73 bits per heavy atom. The number of carboxylic acid groups (broad SMARTS) is 1. The summed E-state index contributed by atoms with van der Waals surface area (Å²) in [4.78, 5) is 28.8. The van der Waals surface area contributed by atoms with Crippen molar-refractivity contribution in [2.75, 3.05) is 0 Å². The average molecular weight is 501 g/mol. The predicted molar refractivity (Wildman–Crippen MR) is 137 cm³/mol. The molecule has 3 aromatic carbocycles. The van der Waals surface area contributed by atoms with Crippen molar-refractivity contribution in [2.24, 2.45) is 0 Å². The molecule has 1 atom stereocenters. The summed E-state index contributed by atoms with van der Waals surface area (Å²) in [6.45, 7) is 0. The first-order valence-corrected chi connectivity index (χ1v) is 12.4. The van der Waals surface area contributed by atoms with E-state index >= 15 is 0 Å². The number of amides is 1. The number of unbranched alkanes of at least 4 members (excludes halogenated alkanes) is 1. The third-order valence-electron chi connectivity index (χ3n) is 6.85. The standard InChI is InChI=1S/C30H26F2N2O3/c31-23-10-6-19(7-11-23)29-20(3-1-2-4-28(35)36)15-22-16-21(9-13-26(22)33-29)30(37)34-27-14-8-18-5-12-24(32)17-25(18)27/h5-7,9-13,15-17,27H,1-4,8,14H2,(H,34,37)(H,35,36)/t27-/m1/s1. The summed E-state index contributed by atoms with van der Waals surface area (Å²) in [6, 6.07) is 17.8. The van der Waals surface area contributed by atoms with Crippen LogP contribution in [0.2, 0.25) is 0 Å². The van der Waals surface area contributed by atoms with Crippen molar-refractivity contribution in [2.45, 2.75) is 44.6 Å². The first-order chi connectivity index (χ1) is 17.9. The van der Waals surface area contributed by atoms with Gasteiger partial charge in [-0.2, -0.15) is 0 Å². The van der Waals surface area contributed by atoms with Gasteiger partial charge in [-0.15, -0.1) is 0 Å². The minimum absolute atomic E-state index is 0.0887. The van der Waals surface area contributed by atoms with Crippen molar-refractivity contribution in [3.05, 3.63) is 101 Å². The number of aromatic nitrogens is 1. The highest BCUT2D eigenvalue weighted by atomic mass is 19.1. The number of pyridine rings is 1. The Morgan fingerprint density at radius 3 is 2.51 bits per heavy atom. The maximum absolute atomic E-state index is 13.8. The quantitative estimate of drug-likeness (QED) is 0.275. The third kappa shape index (κ3) is 5.50.